The average molecular weight is 490 g/mol. The van der Waals surface area contributed by atoms with Crippen molar-refractivity contribution < 1.29 is 22.3 Å². The van der Waals surface area contributed by atoms with Crippen molar-refractivity contribution in [3.05, 3.63) is 65.5 Å². The number of benzene rings is 2. The SMILES string of the molecule is CC1CN(Cc2cccc(CNC(=O)C3CCCN(S(=O)(=O)c4ccc(F)cc4)C3)c2)CCO1. The third-order valence-electron chi connectivity index (χ3n) is 6.40. The van der Waals surface area contributed by atoms with Gasteiger partial charge in [0.25, 0.3) is 0 Å². The van der Waals surface area contributed by atoms with Gasteiger partial charge >= 0.3 is 0 Å². The first kappa shape index (κ1) is 24.8. The number of hydrogen-bond donors (Lipinski definition) is 1. The van der Waals surface area contributed by atoms with Gasteiger partial charge in [0, 0.05) is 39.3 Å². The number of carbonyl (C=O) groups excluding carboxylic acids is 1. The van der Waals surface area contributed by atoms with Gasteiger partial charge in [-0.25, -0.2) is 12.8 Å². The summed E-state index contributed by atoms with van der Waals surface area (Å²) in [5.74, 6) is -1.05. The Bertz CT molecular complexity index is 1090. The van der Waals surface area contributed by atoms with Crippen molar-refractivity contribution in [2.45, 2.75) is 43.9 Å². The van der Waals surface area contributed by atoms with E-state index in [1.165, 1.54) is 22.0 Å². The Hall–Kier alpha value is -2.33. The van der Waals surface area contributed by atoms with Crippen molar-refractivity contribution in [2.24, 2.45) is 5.92 Å². The number of piperidine rings is 1. The quantitative estimate of drug-likeness (QED) is 0.647. The molecule has 0 spiro atoms. The Kier molecular flexibility index (Phi) is 7.98. The number of morpholine rings is 1. The molecule has 2 aromatic carbocycles. The Morgan fingerprint density at radius 3 is 2.65 bits per heavy atom. The van der Waals surface area contributed by atoms with Crippen molar-refractivity contribution >= 4 is 15.9 Å². The predicted molar refractivity (Wildman–Crippen MR) is 127 cm³/mol. The van der Waals surface area contributed by atoms with Crippen LogP contribution < -0.4 is 5.32 Å². The van der Waals surface area contributed by atoms with Crippen LogP contribution in [-0.2, 0) is 32.6 Å². The molecule has 34 heavy (non-hydrogen) atoms. The van der Waals surface area contributed by atoms with E-state index in [1.807, 2.05) is 12.1 Å². The molecule has 2 unspecified atom stereocenters. The molecule has 2 aliphatic heterocycles. The minimum Gasteiger partial charge on any atom is -0.376 e. The van der Waals surface area contributed by atoms with Crippen molar-refractivity contribution in [2.75, 3.05) is 32.8 Å². The topological polar surface area (TPSA) is 79.0 Å². The summed E-state index contributed by atoms with van der Waals surface area (Å²) in [5, 5.41) is 2.98. The molecule has 7 nitrogen and oxygen atoms in total. The lowest BCUT2D eigenvalue weighted by Crippen LogP contribution is -2.45. The van der Waals surface area contributed by atoms with E-state index < -0.39 is 21.8 Å². The minimum absolute atomic E-state index is 0.0430. The molecule has 2 aromatic rings. The number of carbonyl (C=O) groups is 1. The standard InChI is InChI=1S/C25H32FN3O4S/c1-19-16-28(12-13-33-19)17-21-5-2-4-20(14-21)15-27-25(30)22-6-3-11-29(18-22)34(31,32)24-9-7-23(26)8-10-24/h2,4-5,7-10,14,19,22H,3,6,11-13,15-18H2,1H3,(H,27,30). The normalized spacial score (nSPS) is 22.4. The van der Waals surface area contributed by atoms with E-state index in [0.29, 0.717) is 25.9 Å². The molecule has 4 rings (SSSR count). The van der Waals surface area contributed by atoms with Gasteiger partial charge in [-0.3, -0.25) is 9.69 Å². The zero-order valence-electron chi connectivity index (χ0n) is 19.5. The van der Waals surface area contributed by atoms with Crippen molar-refractivity contribution in [3.63, 3.8) is 0 Å². The van der Waals surface area contributed by atoms with Crippen LogP contribution >= 0.6 is 0 Å². The first-order valence-corrected chi connectivity index (χ1v) is 13.2. The number of nitrogens with zero attached hydrogens (tertiary/aromatic N) is 2. The fourth-order valence-electron chi connectivity index (χ4n) is 4.59. The second-order valence-corrected chi connectivity index (χ2v) is 11.0. The van der Waals surface area contributed by atoms with Gasteiger partial charge in [0.1, 0.15) is 5.82 Å². The molecule has 0 bridgehead atoms. The Labute approximate surface area is 200 Å². The zero-order chi connectivity index (χ0) is 24.1. The Morgan fingerprint density at radius 1 is 1.12 bits per heavy atom. The van der Waals surface area contributed by atoms with Crippen LogP contribution in [0.1, 0.15) is 30.9 Å². The smallest absolute Gasteiger partial charge is 0.243 e. The molecule has 0 radical (unpaired) electrons. The number of nitrogens with one attached hydrogen (secondary N) is 1. The molecule has 1 amide bonds. The molecule has 0 aromatic heterocycles. The number of ether oxygens (including phenoxy) is 1. The van der Waals surface area contributed by atoms with E-state index in [1.54, 1.807) is 0 Å². The molecule has 0 aliphatic carbocycles. The van der Waals surface area contributed by atoms with Gasteiger partial charge in [0.2, 0.25) is 15.9 Å². The number of halogens is 1. The van der Waals surface area contributed by atoms with E-state index in [-0.39, 0.29) is 23.5 Å². The van der Waals surface area contributed by atoms with E-state index >= 15 is 0 Å². The summed E-state index contributed by atoms with van der Waals surface area (Å²) in [7, 11) is -3.76. The van der Waals surface area contributed by atoms with Crippen LogP contribution in [0.4, 0.5) is 4.39 Å². The minimum atomic E-state index is -3.76. The summed E-state index contributed by atoms with van der Waals surface area (Å²) >= 11 is 0. The lowest BCUT2D eigenvalue weighted by atomic mass is 9.98. The number of hydrogen-bond acceptors (Lipinski definition) is 5. The summed E-state index contributed by atoms with van der Waals surface area (Å²) in [4.78, 5) is 15.3. The van der Waals surface area contributed by atoms with Gasteiger partial charge in [-0.05, 0) is 55.2 Å². The van der Waals surface area contributed by atoms with Crippen LogP contribution in [-0.4, -0.2) is 62.4 Å². The summed E-state index contributed by atoms with van der Waals surface area (Å²) in [5.41, 5.74) is 2.20. The van der Waals surface area contributed by atoms with E-state index in [0.717, 1.165) is 43.9 Å². The van der Waals surface area contributed by atoms with Crippen LogP contribution in [0.5, 0.6) is 0 Å². The van der Waals surface area contributed by atoms with Crippen LogP contribution in [0.3, 0.4) is 0 Å². The van der Waals surface area contributed by atoms with Crippen LogP contribution in [0, 0.1) is 11.7 Å². The summed E-state index contributed by atoms with van der Waals surface area (Å²) < 4.78 is 46.0. The van der Waals surface area contributed by atoms with Gasteiger partial charge in [-0.2, -0.15) is 4.31 Å². The predicted octanol–water partition coefficient (Wildman–Crippen LogP) is 2.76. The molecule has 2 fully saturated rings. The fourth-order valence-corrected chi connectivity index (χ4v) is 6.12. The lowest BCUT2D eigenvalue weighted by molar-refractivity contribution is -0.126. The molecule has 9 heteroatoms. The number of rotatable bonds is 7. The Morgan fingerprint density at radius 2 is 1.88 bits per heavy atom. The summed E-state index contributed by atoms with van der Waals surface area (Å²) in [6, 6.07) is 13.0. The maximum Gasteiger partial charge on any atom is 0.243 e. The highest BCUT2D eigenvalue weighted by Gasteiger charge is 2.33. The molecule has 0 saturated carbocycles. The van der Waals surface area contributed by atoms with Crippen molar-refractivity contribution in [3.8, 4) is 0 Å². The van der Waals surface area contributed by atoms with Gasteiger partial charge in [0.05, 0.1) is 23.5 Å². The Balaban J connectivity index is 1.33. The number of amides is 1. The monoisotopic (exact) mass is 489 g/mol. The molecule has 184 valence electrons. The van der Waals surface area contributed by atoms with Gasteiger partial charge < -0.3 is 10.1 Å². The summed E-state index contributed by atoms with van der Waals surface area (Å²) in [6.07, 6.45) is 1.47. The molecule has 2 atom stereocenters. The fraction of sp³-hybridized carbons (Fsp3) is 0.480. The van der Waals surface area contributed by atoms with E-state index in [2.05, 4.69) is 29.3 Å². The van der Waals surface area contributed by atoms with E-state index in [9.17, 15) is 17.6 Å². The highest BCUT2D eigenvalue weighted by Crippen LogP contribution is 2.24. The first-order chi connectivity index (χ1) is 16.3. The van der Waals surface area contributed by atoms with Gasteiger partial charge in [-0.1, -0.05) is 24.3 Å². The van der Waals surface area contributed by atoms with E-state index in [4.69, 9.17) is 4.74 Å². The third-order valence-corrected chi connectivity index (χ3v) is 8.28. The largest absolute Gasteiger partial charge is 0.376 e. The highest BCUT2D eigenvalue weighted by atomic mass is 32.2. The zero-order valence-corrected chi connectivity index (χ0v) is 20.3. The van der Waals surface area contributed by atoms with Crippen LogP contribution in [0.2, 0.25) is 0 Å². The molecular weight excluding hydrogens is 457 g/mol. The highest BCUT2D eigenvalue weighted by molar-refractivity contribution is 7.89. The molecule has 2 saturated heterocycles. The maximum absolute atomic E-state index is 13.2. The summed E-state index contributed by atoms with van der Waals surface area (Å²) in [6.45, 7) is 6.35. The number of sulfonamides is 1. The van der Waals surface area contributed by atoms with Gasteiger partial charge in [0.15, 0.2) is 0 Å². The van der Waals surface area contributed by atoms with Crippen molar-refractivity contribution in [1.29, 1.82) is 0 Å². The van der Waals surface area contributed by atoms with Gasteiger partial charge in [-0.15, -0.1) is 0 Å². The van der Waals surface area contributed by atoms with Crippen molar-refractivity contribution in [1.82, 2.24) is 14.5 Å². The lowest BCUT2D eigenvalue weighted by Gasteiger charge is -2.31. The molecule has 2 heterocycles. The maximum atomic E-state index is 13.2. The molecule has 1 N–H and O–H groups in total. The second kappa shape index (κ2) is 10.9. The van der Waals surface area contributed by atoms with Crippen LogP contribution in [0.15, 0.2) is 53.4 Å². The molecule has 2 aliphatic rings. The first-order valence-electron chi connectivity index (χ1n) is 11.8. The average Bonchev–Trinajstić information content (AvgIpc) is 2.83. The second-order valence-electron chi connectivity index (χ2n) is 9.11. The van der Waals surface area contributed by atoms with Crippen LogP contribution in [0.25, 0.3) is 0 Å². The molecular formula is C25H32FN3O4S. The third kappa shape index (κ3) is 6.21.